The standard InChI is InChI=1S/C21H23N3O4/c1-20(2,3)28-18(25)14(11-22)9-15-10-21(15,19(26)27)17-12-24(13-23-17)16-7-5-4-6-8-16/h4-8,12-15H,9-10H2,1-3H3,(H,26,27)/t14?,15-,21+/m0/s1. The van der Waals surface area contributed by atoms with Crippen LogP contribution in [-0.4, -0.2) is 32.2 Å². The third-order valence-corrected chi connectivity index (χ3v) is 4.95. The molecule has 7 nitrogen and oxygen atoms in total. The van der Waals surface area contributed by atoms with Crippen molar-refractivity contribution in [1.29, 1.82) is 5.26 Å². The van der Waals surface area contributed by atoms with Gasteiger partial charge < -0.3 is 14.4 Å². The van der Waals surface area contributed by atoms with Gasteiger partial charge in [-0.2, -0.15) is 5.26 Å². The van der Waals surface area contributed by atoms with Gasteiger partial charge in [0.1, 0.15) is 16.9 Å². The van der Waals surface area contributed by atoms with Crippen LogP contribution < -0.4 is 0 Å². The Kier molecular flexibility index (Phi) is 4.99. The molecule has 1 aromatic carbocycles. The van der Waals surface area contributed by atoms with Crippen molar-refractivity contribution in [1.82, 2.24) is 9.55 Å². The van der Waals surface area contributed by atoms with Crippen LogP contribution in [0.3, 0.4) is 0 Å². The number of rotatable bonds is 6. The summed E-state index contributed by atoms with van der Waals surface area (Å²) in [7, 11) is 0. The summed E-state index contributed by atoms with van der Waals surface area (Å²) in [5, 5.41) is 19.3. The van der Waals surface area contributed by atoms with Crippen LogP contribution in [0.5, 0.6) is 0 Å². The van der Waals surface area contributed by atoms with E-state index in [2.05, 4.69) is 4.98 Å². The lowest BCUT2D eigenvalue weighted by atomic mass is 9.94. The number of carboxylic acid groups (broad SMARTS) is 1. The SMILES string of the molecule is CC(C)(C)OC(=O)C(C#N)C[C@H]1C[C@]1(C(=O)O)c1cn(-c2ccccc2)cn1. The topological polar surface area (TPSA) is 105 Å². The average Bonchev–Trinajstić information content (AvgIpc) is 3.14. The van der Waals surface area contributed by atoms with Gasteiger partial charge in [0.2, 0.25) is 0 Å². The molecule has 3 atom stereocenters. The van der Waals surface area contributed by atoms with Gasteiger partial charge in [0.15, 0.2) is 0 Å². The highest BCUT2D eigenvalue weighted by Gasteiger charge is 2.63. The summed E-state index contributed by atoms with van der Waals surface area (Å²) < 4.78 is 7.06. The van der Waals surface area contributed by atoms with Crippen molar-refractivity contribution < 1.29 is 19.4 Å². The number of carbonyl (C=O) groups excluding carboxylic acids is 1. The second kappa shape index (κ2) is 7.12. The summed E-state index contributed by atoms with van der Waals surface area (Å²) in [5.74, 6) is -2.95. The molecule has 3 rings (SSSR count). The lowest BCUT2D eigenvalue weighted by Gasteiger charge is -2.21. The van der Waals surface area contributed by atoms with E-state index < -0.39 is 28.9 Å². The number of hydrogen-bond donors (Lipinski definition) is 1. The molecule has 0 bridgehead atoms. The fourth-order valence-corrected chi connectivity index (χ4v) is 3.45. The van der Waals surface area contributed by atoms with E-state index in [9.17, 15) is 20.0 Å². The monoisotopic (exact) mass is 381 g/mol. The molecule has 1 aromatic heterocycles. The van der Waals surface area contributed by atoms with Gasteiger partial charge in [0.05, 0.1) is 18.1 Å². The van der Waals surface area contributed by atoms with Gasteiger partial charge in [-0.25, -0.2) is 4.98 Å². The van der Waals surface area contributed by atoms with Crippen molar-refractivity contribution in [2.75, 3.05) is 0 Å². The number of nitriles is 1. The van der Waals surface area contributed by atoms with E-state index in [0.29, 0.717) is 12.1 Å². The Morgan fingerprint density at radius 2 is 2.07 bits per heavy atom. The average molecular weight is 381 g/mol. The van der Waals surface area contributed by atoms with Crippen LogP contribution in [0.1, 0.15) is 39.3 Å². The van der Waals surface area contributed by atoms with Crippen molar-refractivity contribution in [2.24, 2.45) is 11.8 Å². The van der Waals surface area contributed by atoms with Gasteiger partial charge in [0, 0.05) is 11.9 Å². The van der Waals surface area contributed by atoms with Crippen LogP contribution >= 0.6 is 0 Å². The van der Waals surface area contributed by atoms with E-state index in [1.165, 1.54) is 0 Å². The quantitative estimate of drug-likeness (QED) is 0.771. The molecule has 1 N–H and O–H groups in total. The number of benzene rings is 1. The minimum Gasteiger partial charge on any atom is -0.481 e. The predicted molar refractivity (Wildman–Crippen MR) is 101 cm³/mol. The molecule has 0 radical (unpaired) electrons. The number of imidazole rings is 1. The number of nitrogens with zero attached hydrogens (tertiary/aromatic N) is 3. The minimum atomic E-state index is -1.17. The van der Waals surface area contributed by atoms with E-state index >= 15 is 0 Å². The third-order valence-electron chi connectivity index (χ3n) is 4.95. The van der Waals surface area contributed by atoms with Crippen molar-refractivity contribution >= 4 is 11.9 Å². The fraction of sp³-hybridized carbons (Fsp3) is 0.429. The molecule has 0 aliphatic heterocycles. The van der Waals surface area contributed by atoms with Crippen molar-refractivity contribution in [3.05, 3.63) is 48.5 Å². The molecule has 1 saturated carbocycles. The van der Waals surface area contributed by atoms with Crippen LogP contribution in [0.15, 0.2) is 42.9 Å². The predicted octanol–water partition coefficient (Wildman–Crippen LogP) is 3.09. The highest BCUT2D eigenvalue weighted by Crippen LogP contribution is 2.57. The molecule has 2 aromatic rings. The van der Waals surface area contributed by atoms with Crippen LogP contribution in [0, 0.1) is 23.2 Å². The molecule has 28 heavy (non-hydrogen) atoms. The summed E-state index contributed by atoms with van der Waals surface area (Å²) in [6.45, 7) is 5.19. The Bertz CT molecular complexity index is 923. The van der Waals surface area contributed by atoms with Crippen molar-refractivity contribution in [3.8, 4) is 11.8 Å². The van der Waals surface area contributed by atoms with Crippen molar-refractivity contribution in [2.45, 2.75) is 44.6 Å². The van der Waals surface area contributed by atoms with Gasteiger partial charge in [-0.05, 0) is 51.7 Å². The van der Waals surface area contributed by atoms with Gasteiger partial charge in [-0.1, -0.05) is 18.2 Å². The van der Waals surface area contributed by atoms with E-state index in [-0.39, 0.29) is 12.3 Å². The number of para-hydroxylation sites is 1. The van der Waals surface area contributed by atoms with E-state index in [1.807, 2.05) is 36.4 Å². The Labute approximate surface area is 163 Å². The molecule has 1 unspecified atom stereocenters. The Morgan fingerprint density at radius 3 is 2.64 bits per heavy atom. The Hall–Kier alpha value is -3.14. The summed E-state index contributed by atoms with van der Waals surface area (Å²) in [6, 6.07) is 11.4. The first-order valence-corrected chi connectivity index (χ1v) is 9.13. The minimum absolute atomic E-state index is 0.135. The number of ether oxygens (including phenoxy) is 1. The maximum absolute atomic E-state index is 12.2. The molecule has 1 heterocycles. The Morgan fingerprint density at radius 1 is 1.39 bits per heavy atom. The van der Waals surface area contributed by atoms with Crippen molar-refractivity contribution in [3.63, 3.8) is 0 Å². The second-order valence-corrected chi connectivity index (χ2v) is 8.13. The molecule has 0 saturated heterocycles. The van der Waals surface area contributed by atoms with Gasteiger partial charge in [0.25, 0.3) is 0 Å². The molecular formula is C21H23N3O4. The maximum Gasteiger partial charge on any atom is 0.323 e. The van der Waals surface area contributed by atoms with Crippen LogP contribution in [0.2, 0.25) is 0 Å². The smallest absolute Gasteiger partial charge is 0.323 e. The number of carbonyl (C=O) groups is 2. The van der Waals surface area contributed by atoms with Crippen LogP contribution in [-0.2, 0) is 19.7 Å². The highest BCUT2D eigenvalue weighted by molar-refractivity contribution is 5.85. The van der Waals surface area contributed by atoms with E-state index in [0.717, 1.165) is 5.69 Å². The zero-order valence-electron chi connectivity index (χ0n) is 16.1. The molecule has 0 amide bonds. The normalized spacial score (nSPS) is 22.1. The molecule has 146 valence electrons. The highest BCUT2D eigenvalue weighted by atomic mass is 16.6. The summed E-state index contributed by atoms with van der Waals surface area (Å²) in [5.41, 5.74) is -0.553. The lowest BCUT2D eigenvalue weighted by Crippen LogP contribution is -2.30. The van der Waals surface area contributed by atoms with Gasteiger partial charge in [-0.15, -0.1) is 0 Å². The summed E-state index contributed by atoms with van der Waals surface area (Å²) >= 11 is 0. The first kappa shape index (κ1) is 19.6. The summed E-state index contributed by atoms with van der Waals surface area (Å²) in [4.78, 5) is 28.6. The molecule has 1 aliphatic rings. The zero-order valence-corrected chi connectivity index (χ0v) is 16.1. The van der Waals surface area contributed by atoms with Gasteiger partial charge in [-0.3, -0.25) is 9.59 Å². The first-order valence-electron chi connectivity index (χ1n) is 9.13. The molecular weight excluding hydrogens is 358 g/mol. The van der Waals surface area contributed by atoms with Crippen LogP contribution in [0.25, 0.3) is 5.69 Å². The zero-order chi connectivity index (χ0) is 20.5. The lowest BCUT2D eigenvalue weighted by molar-refractivity contribution is -0.158. The molecule has 0 spiro atoms. The fourth-order valence-electron chi connectivity index (χ4n) is 3.45. The van der Waals surface area contributed by atoms with Gasteiger partial charge >= 0.3 is 11.9 Å². The number of aromatic nitrogens is 2. The molecule has 7 heteroatoms. The number of aliphatic carboxylic acids is 1. The Balaban J connectivity index is 1.79. The van der Waals surface area contributed by atoms with Crippen LogP contribution in [0.4, 0.5) is 0 Å². The second-order valence-electron chi connectivity index (χ2n) is 8.13. The summed E-state index contributed by atoms with van der Waals surface area (Å²) in [6.07, 6.45) is 3.77. The largest absolute Gasteiger partial charge is 0.481 e. The number of hydrogen-bond acceptors (Lipinski definition) is 5. The third kappa shape index (κ3) is 3.77. The van der Waals surface area contributed by atoms with E-state index in [1.54, 1.807) is 37.9 Å². The molecule has 1 aliphatic carbocycles. The van der Waals surface area contributed by atoms with E-state index in [4.69, 9.17) is 4.74 Å². The first-order chi connectivity index (χ1) is 13.2. The molecule has 1 fully saturated rings. The number of carboxylic acids is 1. The maximum atomic E-state index is 12.2. The number of esters is 1.